The number of thiophene rings is 1. The monoisotopic (exact) mass is 465 g/mol. The van der Waals surface area contributed by atoms with Gasteiger partial charge >= 0.3 is 0 Å². The number of carbonyl (C=O) groups is 1. The lowest BCUT2D eigenvalue weighted by Crippen LogP contribution is -2.48. The van der Waals surface area contributed by atoms with E-state index in [9.17, 15) is 4.79 Å². The largest absolute Gasteiger partial charge is 0.340 e. The molecule has 0 atom stereocenters. The van der Waals surface area contributed by atoms with E-state index in [-0.39, 0.29) is 5.91 Å². The van der Waals surface area contributed by atoms with Crippen molar-refractivity contribution in [3.05, 3.63) is 63.6 Å². The highest BCUT2D eigenvalue weighted by Crippen LogP contribution is 2.26. The zero-order valence-corrected chi connectivity index (χ0v) is 19.4. The van der Waals surface area contributed by atoms with E-state index < -0.39 is 0 Å². The zero-order valence-electron chi connectivity index (χ0n) is 17.7. The van der Waals surface area contributed by atoms with E-state index in [0.29, 0.717) is 37.8 Å². The molecule has 0 bridgehead atoms. The van der Waals surface area contributed by atoms with Crippen LogP contribution in [-0.2, 0) is 17.8 Å². The Labute approximate surface area is 194 Å². The normalized spacial score (nSPS) is 14.7. The standard InChI is InChI=1S/C23H23N5O2S2/c1-16-4-2-3-5-19(16)22-25-20(30-26-22)13-27-7-9-28(10-8-27)21(29)12-18-15-32-23(24-18)17-6-11-31-14-17/h2-6,11,14-15H,7-10,12-13H2,1H3. The summed E-state index contributed by atoms with van der Waals surface area (Å²) >= 11 is 3.25. The van der Waals surface area contributed by atoms with Crippen LogP contribution in [0.3, 0.4) is 0 Å². The highest BCUT2D eigenvalue weighted by molar-refractivity contribution is 7.14. The third-order valence-corrected chi connectivity index (χ3v) is 7.21. The van der Waals surface area contributed by atoms with Crippen LogP contribution in [-0.4, -0.2) is 57.0 Å². The Kier molecular flexibility index (Phi) is 6.11. The summed E-state index contributed by atoms with van der Waals surface area (Å²) in [4.78, 5) is 26.1. The maximum Gasteiger partial charge on any atom is 0.241 e. The molecule has 1 aromatic carbocycles. The molecule has 4 heterocycles. The van der Waals surface area contributed by atoms with Gasteiger partial charge < -0.3 is 9.42 Å². The van der Waals surface area contributed by atoms with E-state index in [1.165, 1.54) is 0 Å². The van der Waals surface area contributed by atoms with Crippen molar-refractivity contribution in [3.63, 3.8) is 0 Å². The molecule has 1 fully saturated rings. The number of hydrogen-bond acceptors (Lipinski definition) is 8. The molecule has 0 saturated carbocycles. The summed E-state index contributed by atoms with van der Waals surface area (Å²) in [6.07, 6.45) is 0.351. The van der Waals surface area contributed by atoms with Crippen molar-refractivity contribution < 1.29 is 9.32 Å². The minimum atomic E-state index is 0.131. The van der Waals surface area contributed by atoms with E-state index in [1.807, 2.05) is 46.8 Å². The second-order valence-corrected chi connectivity index (χ2v) is 9.45. The molecule has 3 aromatic heterocycles. The second-order valence-electron chi connectivity index (χ2n) is 7.82. The van der Waals surface area contributed by atoms with Gasteiger partial charge in [0, 0.05) is 48.1 Å². The molecule has 1 saturated heterocycles. The summed E-state index contributed by atoms with van der Waals surface area (Å²) < 4.78 is 5.47. The first-order valence-corrected chi connectivity index (χ1v) is 12.3. The van der Waals surface area contributed by atoms with Crippen LogP contribution in [0.1, 0.15) is 17.1 Å². The van der Waals surface area contributed by atoms with Gasteiger partial charge in [0.1, 0.15) is 5.01 Å². The number of benzene rings is 1. The molecule has 0 spiro atoms. The Hall–Kier alpha value is -2.88. The van der Waals surface area contributed by atoms with Crippen molar-refractivity contribution in [1.29, 1.82) is 0 Å². The molecule has 0 aliphatic carbocycles. The van der Waals surface area contributed by atoms with Crippen LogP contribution >= 0.6 is 22.7 Å². The maximum atomic E-state index is 12.8. The average molecular weight is 466 g/mol. The first-order valence-electron chi connectivity index (χ1n) is 10.5. The number of aromatic nitrogens is 3. The van der Waals surface area contributed by atoms with Crippen molar-refractivity contribution in [2.45, 2.75) is 19.9 Å². The Bertz CT molecular complexity index is 1190. The lowest BCUT2D eigenvalue weighted by Gasteiger charge is -2.33. The smallest absolute Gasteiger partial charge is 0.241 e. The number of hydrogen-bond donors (Lipinski definition) is 0. The summed E-state index contributed by atoms with van der Waals surface area (Å²) in [5.74, 6) is 1.36. The Morgan fingerprint density at radius 1 is 1.09 bits per heavy atom. The second kappa shape index (κ2) is 9.32. The molecule has 164 valence electrons. The molecule has 7 nitrogen and oxygen atoms in total. The molecule has 1 aliphatic rings. The van der Waals surface area contributed by atoms with E-state index in [2.05, 4.69) is 31.5 Å². The minimum absolute atomic E-state index is 0.131. The minimum Gasteiger partial charge on any atom is -0.340 e. The van der Waals surface area contributed by atoms with Gasteiger partial charge in [-0.05, 0) is 23.9 Å². The van der Waals surface area contributed by atoms with Gasteiger partial charge in [-0.15, -0.1) is 11.3 Å². The van der Waals surface area contributed by atoms with Crippen LogP contribution < -0.4 is 0 Å². The lowest BCUT2D eigenvalue weighted by molar-refractivity contribution is -0.132. The van der Waals surface area contributed by atoms with Gasteiger partial charge in [0.2, 0.25) is 17.6 Å². The third kappa shape index (κ3) is 4.64. The summed E-state index contributed by atoms with van der Waals surface area (Å²) in [5.41, 5.74) is 4.08. The van der Waals surface area contributed by atoms with Gasteiger partial charge in [-0.25, -0.2) is 4.98 Å². The summed E-state index contributed by atoms with van der Waals surface area (Å²) in [7, 11) is 0. The van der Waals surface area contributed by atoms with E-state index >= 15 is 0 Å². The molecular formula is C23H23N5O2S2. The molecule has 32 heavy (non-hydrogen) atoms. The van der Waals surface area contributed by atoms with Crippen molar-refractivity contribution in [2.24, 2.45) is 0 Å². The van der Waals surface area contributed by atoms with Crippen molar-refractivity contribution in [3.8, 4) is 22.0 Å². The van der Waals surface area contributed by atoms with Crippen LogP contribution in [0.2, 0.25) is 0 Å². The molecule has 9 heteroatoms. The summed E-state index contributed by atoms with van der Waals surface area (Å²) in [6.45, 7) is 5.58. The SMILES string of the molecule is Cc1ccccc1-c1noc(CN2CCN(C(=O)Cc3csc(-c4ccsc4)n3)CC2)n1. The molecule has 1 amide bonds. The van der Waals surface area contributed by atoms with E-state index in [4.69, 9.17) is 4.52 Å². The molecular weight excluding hydrogens is 442 g/mol. The van der Waals surface area contributed by atoms with Gasteiger partial charge in [-0.1, -0.05) is 29.4 Å². The van der Waals surface area contributed by atoms with Crippen LogP contribution in [0, 0.1) is 6.92 Å². The molecule has 0 unspecified atom stereocenters. The van der Waals surface area contributed by atoms with Crippen LogP contribution in [0.25, 0.3) is 22.0 Å². The molecule has 0 radical (unpaired) electrons. The zero-order chi connectivity index (χ0) is 21.9. The highest BCUT2D eigenvalue weighted by Gasteiger charge is 2.23. The Morgan fingerprint density at radius 3 is 2.72 bits per heavy atom. The van der Waals surface area contributed by atoms with Crippen molar-refractivity contribution >= 4 is 28.6 Å². The number of carbonyl (C=O) groups excluding carboxylic acids is 1. The average Bonchev–Trinajstić information content (AvgIpc) is 3.57. The maximum absolute atomic E-state index is 12.8. The first kappa shape index (κ1) is 21.0. The number of rotatable bonds is 6. The van der Waals surface area contributed by atoms with Crippen LogP contribution in [0.5, 0.6) is 0 Å². The fraction of sp³-hybridized carbons (Fsp3) is 0.304. The van der Waals surface area contributed by atoms with Crippen molar-refractivity contribution in [2.75, 3.05) is 26.2 Å². The quantitative estimate of drug-likeness (QED) is 0.426. The third-order valence-electron chi connectivity index (χ3n) is 5.59. The van der Waals surface area contributed by atoms with Gasteiger partial charge in [-0.2, -0.15) is 16.3 Å². The first-order chi connectivity index (χ1) is 15.7. The Morgan fingerprint density at radius 2 is 1.94 bits per heavy atom. The number of amides is 1. The van der Waals surface area contributed by atoms with Gasteiger partial charge in [0.15, 0.2) is 0 Å². The van der Waals surface area contributed by atoms with Crippen LogP contribution in [0.4, 0.5) is 0 Å². The number of nitrogens with zero attached hydrogens (tertiary/aromatic N) is 5. The number of piperazine rings is 1. The topological polar surface area (TPSA) is 75.4 Å². The highest BCUT2D eigenvalue weighted by atomic mass is 32.1. The molecule has 4 aromatic rings. The lowest BCUT2D eigenvalue weighted by atomic mass is 10.1. The molecule has 1 aliphatic heterocycles. The fourth-order valence-electron chi connectivity index (χ4n) is 3.77. The Balaban J connectivity index is 1.13. The molecule has 5 rings (SSSR count). The van der Waals surface area contributed by atoms with E-state index in [1.54, 1.807) is 22.7 Å². The summed E-state index contributed by atoms with van der Waals surface area (Å²) in [6, 6.07) is 10.1. The van der Waals surface area contributed by atoms with Crippen LogP contribution in [0.15, 0.2) is 51.0 Å². The summed E-state index contributed by atoms with van der Waals surface area (Å²) in [5, 5.41) is 11.2. The predicted molar refractivity (Wildman–Crippen MR) is 125 cm³/mol. The molecule has 0 N–H and O–H groups in total. The number of aryl methyl sites for hydroxylation is 1. The van der Waals surface area contributed by atoms with Crippen molar-refractivity contribution in [1.82, 2.24) is 24.9 Å². The number of thiazole rings is 1. The van der Waals surface area contributed by atoms with Gasteiger partial charge in [0.25, 0.3) is 0 Å². The van der Waals surface area contributed by atoms with Gasteiger partial charge in [-0.3, -0.25) is 9.69 Å². The fourth-order valence-corrected chi connectivity index (χ4v) is 5.30. The van der Waals surface area contributed by atoms with E-state index in [0.717, 1.165) is 40.5 Å². The van der Waals surface area contributed by atoms with Gasteiger partial charge in [0.05, 0.1) is 18.7 Å². The predicted octanol–water partition coefficient (Wildman–Crippen LogP) is 4.12.